The Labute approximate surface area is 175 Å². The number of carbonyl (C=O) groups is 1. The molecular formula is C20H29F2N7O. The van der Waals surface area contributed by atoms with Crippen LogP contribution in [0.4, 0.5) is 8.78 Å². The van der Waals surface area contributed by atoms with Crippen LogP contribution in [0.15, 0.2) is 57.7 Å². The van der Waals surface area contributed by atoms with Crippen LogP contribution in [0.25, 0.3) is 0 Å². The minimum absolute atomic E-state index is 0.0895. The van der Waals surface area contributed by atoms with E-state index in [1.54, 1.807) is 29.1 Å². The minimum Gasteiger partial charge on any atom is -0.401 e. The molecule has 0 radical (unpaired) electrons. The standard InChI is InChI=1S/C20H29F2N7O/c1-5-18-15(21)6-14(9-28(18)8-12(2)23)27-20(30)13(3)26-7-19(25-4)29-10-16(22)17(24)11-29/h6-9,16-18H,4-5,10-11,23-24H2,1-3H3,(H,27,30)/b12-8-,19-7+,26-13+. The van der Waals surface area contributed by atoms with E-state index in [0.29, 0.717) is 17.9 Å². The van der Waals surface area contributed by atoms with Crippen molar-refractivity contribution >= 4 is 18.3 Å². The van der Waals surface area contributed by atoms with Gasteiger partial charge in [0.05, 0.1) is 30.5 Å². The smallest absolute Gasteiger partial charge is 0.269 e. The number of allylic oxidation sites excluding steroid dienone is 2. The van der Waals surface area contributed by atoms with Crippen LogP contribution >= 0.6 is 0 Å². The van der Waals surface area contributed by atoms with Crippen LogP contribution in [0, 0.1) is 0 Å². The van der Waals surface area contributed by atoms with Crippen molar-refractivity contribution < 1.29 is 13.6 Å². The number of hydrogen-bond donors (Lipinski definition) is 3. The van der Waals surface area contributed by atoms with Crippen LogP contribution in [0.3, 0.4) is 0 Å². The lowest BCUT2D eigenvalue weighted by molar-refractivity contribution is -0.114. The first-order valence-electron chi connectivity index (χ1n) is 9.63. The van der Waals surface area contributed by atoms with Gasteiger partial charge in [0.1, 0.15) is 23.5 Å². The Morgan fingerprint density at radius 2 is 2.13 bits per heavy atom. The third-order valence-electron chi connectivity index (χ3n) is 4.74. The molecule has 2 aliphatic heterocycles. The van der Waals surface area contributed by atoms with Gasteiger partial charge in [-0.3, -0.25) is 9.79 Å². The van der Waals surface area contributed by atoms with E-state index >= 15 is 0 Å². The van der Waals surface area contributed by atoms with Gasteiger partial charge < -0.3 is 26.6 Å². The molecule has 2 aliphatic rings. The zero-order valence-corrected chi connectivity index (χ0v) is 17.5. The SMILES string of the molecule is C=N/C(=C\N=C(/C)C(=O)NC1=CN(/C=C(/C)N)C(CC)C(F)=C1)N1CC(N)C(F)C1. The fourth-order valence-electron chi connectivity index (χ4n) is 3.15. The Balaban J connectivity index is 2.13. The highest BCUT2D eigenvalue weighted by Gasteiger charge is 2.31. The van der Waals surface area contributed by atoms with Crippen molar-refractivity contribution in [3.63, 3.8) is 0 Å². The zero-order valence-electron chi connectivity index (χ0n) is 17.5. The molecular weight excluding hydrogens is 392 g/mol. The van der Waals surface area contributed by atoms with Crippen molar-refractivity contribution in [2.75, 3.05) is 13.1 Å². The van der Waals surface area contributed by atoms with Crippen LogP contribution < -0.4 is 16.8 Å². The number of likely N-dealkylation sites (tertiary alicyclic amines) is 1. The average Bonchev–Trinajstić information content (AvgIpc) is 2.99. The van der Waals surface area contributed by atoms with Crippen LogP contribution in [0.1, 0.15) is 27.2 Å². The van der Waals surface area contributed by atoms with E-state index in [4.69, 9.17) is 11.5 Å². The molecule has 3 unspecified atom stereocenters. The molecule has 10 heteroatoms. The van der Waals surface area contributed by atoms with Crippen molar-refractivity contribution in [2.24, 2.45) is 21.5 Å². The molecule has 0 aliphatic carbocycles. The molecule has 8 nitrogen and oxygen atoms in total. The maximum absolute atomic E-state index is 14.4. The Morgan fingerprint density at radius 3 is 2.67 bits per heavy atom. The second-order valence-electron chi connectivity index (χ2n) is 7.26. The predicted molar refractivity (Wildman–Crippen MR) is 114 cm³/mol. The number of hydrogen-bond acceptors (Lipinski definition) is 7. The second-order valence-corrected chi connectivity index (χ2v) is 7.26. The van der Waals surface area contributed by atoms with Gasteiger partial charge in [-0.25, -0.2) is 13.8 Å². The van der Waals surface area contributed by atoms with Gasteiger partial charge in [-0.2, -0.15) is 0 Å². The summed E-state index contributed by atoms with van der Waals surface area (Å²) >= 11 is 0. The van der Waals surface area contributed by atoms with E-state index in [1.807, 2.05) is 6.92 Å². The highest BCUT2D eigenvalue weighted by Crippen LogP contribution is 2.24. The molecule has 0 bridgehead atoms. The first-order chi connectivity index (χ1) is 14.2. The summed E-state index contributed by atoms with van der Waals surface area (Å²) in [5.41, 5.74) is 12.3. The maximum atomic E-state index is 14.4. The predicted octanol–water partition coefficient (Wildman–Crippen LogP) is 1.65. The van der Waals surface area contributed by atoms with E-state index in [0.717, 1.165) is 0 Å². The summed E-state index contributed by atoms with van der Waals surface area (Å²) in [7, 11) is 0. The first-order valence-corrected chi connectivity index (χ1v) is 9.63. The summed E-state index contributed by atoms with van der Waals surface area (Å²) in [5, 5.41) is 2.62. The van der Waals surface area contributed by atoms with E-state index < -0.39 is 24.2 Å². The van der Waals surface area contributed by atoms with E-state index in [9.17, 15) is 13.6 Å². The first kappa shape index (κ1) is 23.3. The topological polar surface area (TPSA) is 112 Å². The van der Waals surface area contributed by atoms with Gasteiger partial charge in [0.25, 0.3) is 5.91 Å². The van der Waals surface area contributed by atoms with Crippen LogP contribution in [0.2, 0.25) is 0 Å². The number of nitrogens with one attached hydrogen (secondary N) is 1. The summed E-state index contributed by atoms with van der Waals surface area (Å²) in [6.45, 7) is 8.88. The van der Waals surface area contributed by atoms with E-state index in [-0.39, 0.29) is 30.3 Å². The van der Waals surface area contributed by atoms with Crippen LogP contribution in [-0.4, -0.2) is 59.5 Å². The van der Waals surface area contributed by atoms with E-state index in [1.165, 1.54) is 19.2 Å². The molecule has 2 rings (SSSR count). The molecule has 2 heterocycles. The third-order valence-corrected chi connectivity index (χ3v) is 4.74. The maximum Gasteiger partial charge on any atom is 0.269 e. The molecule has 3 atom stereocenters. The van der Waals surface area contributed by atoms with Crippen molar-refractivity contribution in [3.05, 3.63) is 47.7 Å². The van der Waals surface area contributed by atoms with Gasteiger partial charge in [0.15, 0.2) is 0 Å². The summed E-state index contributed by atoms with van der Waals surface area (Å²) in [6, 6.07) is -1.08. The normalized spacial score (nSPS) is 25.8. The van der Waals surface area contributed by atoms with E-state index in [2.05, 4.69) is 22.0 Å². The van der Waals surface area contributed by atoms with Crippen molar-refractivity contribution in [2.45, 2.75) is 45.4 Å². The molecule has 1 fully saturated rings. The van der Waals surface area contributed by atoms with Crippen LogP contribution in [0.5, 0.6) is 0 Å². The number of alkyl halides is 1. The van der Waals surface area contributed by atoms with Gasteiger partial charge >= 0.3 is 0 Å². The molecule has 1 amide bonds. The number of aliphatic imine (C=N–C) groups is 2. The Bertz CT molecular complexity index is 817. The van der Waals surface area contributed by atoms with Crippen molar-refractivity contribution in [1.29, 1.82) is 0 Å². The fourth-order valence-corrected chi connectivity index (χ4v) is 3.15. The highest BCUT2D eigenvalue weighted by molar-refractivity contribution is 6.38. The van der Waals surface area contributed by atoms with Gasteiger partial charge in [-0.15, -0.1) is 0 Å². The van der Waals surface area contributed by atoms with Crippen molar-refractivity contribution in [3.8, 4) is 0 Å². The minimum atomic E-state index is -1.16. The second kappa shape index (κ2) is 10.1. The number of rotatable bonds is 7. The molecule has 164 valence electrons. The molecule has 0 aromatic heterocycles. The Morgan fingerprint density at radius 1 is 1.43 bits per heavy atom. The monoisotopic (exact) mass is 421 g/mol. The summed E-state index contributed by atoms with van der Waals surface area (Å²) in [6.07, 6.45) is 5.19. The van der Waals surface area contributed by atoms with Crippen molar-refractivity contribution in [1.82, 2.24) is 15.1 Å². The lowest BCUT2D eigenvalue weighted by atomic mass is 10.1. The Kier molecular flexibility index (Phi) is 7.87. The van der Waals surface area contributed by atoms with Gasteiger partial charge in [-0.1, -0.05) is 6.92 Å². The number of amides is 1. The Hall–Kier alpha value is -3.01. The van der Waals surface area contributed by atoms with Gasteiger partial charge in [0.2, 0.25) is 0 Å². The van der Waals surface area contributed by atoms with Crippen LogP contribution in [-0.2, 0) is 4.79 Å². The number of nitrogens with zero attached hydrogens (tertiary/aromatic N) is 4. The lowest BCUT2D eigenvalue weighted by Gasteiger charge is -2.30. The highest BCUT2D eigenvalue weighted by atomic mass is 19.1. The quantitative estimate of drug-likeness (QED) is 0.541. The number of nitrogens with two attached hydrogens (primary N) is 2. The zero-order chi connectivity index (χ0) is 22.4. The lowest BCUT2D eigenvalue weighted by Crippen LogP contribution is -2.35. The molecule has 0 spiro atoms. The third kappa shape index (κ3) is 5.76. The molecule has 0 aromatic carbocycles. The summed E-state index contributed by atoms with van der Waals surface area (Å²) < 4.78 is 28.1. The fraction of sp³-hybridized carbons (Fsp3) is 0.450. The van der Waals surface area contributed by atoms with Gasteiger partial charge in [0, 0.05) is 24.6 Å². The molecule has 5 N–H and O–H groups in total. The van der Waals surface area contributed by atoms with Gasteiger partial charge in [-0.05, 0) is 33.1 Å². The molecule has 0 aromatic rings. The molecule has 1 saturated heterocycles. The largest absolute Gasteiger partial charge is 0.401 e. The molecule has 30 heavy (non-hydrogen) atoms. The average molecular weight is 421 g/mol. The molecule has 0 saturated carbocycles. The number of halogens is 2. The summed E-state index contributed by atoms with van der Waals surface area (Å²) in [4.78, 5) is 23.6. The number of carbonyl (C=O) groups excluding carboxylic acids is 1. The summed E-state index contributed by atoms with van der Waals surface area (Å²) in [5.74, 6) is -0.581.